The van der Waals surface area contributed by atoms with Crippen LogP contribution in [0.5, 0.6) is 0 Å². The number of aliphatic hydroxyl groups is 6. The van der Waals surface area contributed by atoms with Crippen LogP contribution in [0.15, 0.2) is 0 Å². The van der Waals surface area contributed by atoms with E-state index in [1.165, 1.54) is 12.8 Å². The van der Waals surface area contributed by atoms with Crippen molar-refractivity contribution in [2.45, 2.75) is 228 Å². The lowest BCUT2D eigenvalue weighted by atomic mass is 9.20. The molecule has 6 N–H and O–H groups in total. The van der Waals surface area contributed by atoms with Crippen LogP contribution in [0.4, 0.5) is 0 Å². The largest absolute Gasteiger partial charge is 0.393 e. The second-order valence-corrected chi connectivity index (χ2v) is 25.5. The molecule has 8 saturated carbocycles. The predicted octanol–water partition coefficient (Wildman–Crippen LogP) is 6.88. The summed E-state index contributed by atoms with van der Waals surface area (Å²) in [4.78, 5) is 0. The summed E-state index contributed by atoms with van der Waals surface area (Å²) < 4.78 is 11.5. The summed E-state index contributed by atoms with van der Waals surface area (Å²) in [5, 5.41) is 67.6. The summed E-state index contributed by atoms with van der Waals surface area (Å²) in [5.74, 6) is 2.38. The van der Waals surface area contributed by atoms with Crippen molar-refractivity contribution in [2.75, 3.05) is 27.4 Å². The van der Waals surface area contributed by atoms with Gasteiger partial charge in [-0.15, -0.1) is 0 Å². The highest BCUT2D eigenvalue weighted by Gasteiger charge is 2.75. The molecule has 8 nitrogen and oxygen atoms in total. The Bertz CT molecular complexity index is 1710. The number of fused-ring (bicyclic) bond motifs is 10. The first-order chi connectivity index (χ1) is 30.9. The molecule has 22 atom stereocenters. The molecule has 0 aromatic heterocycles. The van der Waals surface area contributed by atoms with E-state index in [9.17, 15) is 30.6 Å². The van der Waals surface area contributed by atoms with Crippen molar-refractivity contribution >= 4 is 45.5 Å². The first-order valence-corrected chi connectivity index (χ1v) is 26.7. The van der Waals surface area contributed by atoms with Gasteiger partial charge in [0, 0.05) is 40.5 Å². The van der Waals surface area contributed by atoms with Crippen LogP contribution in [-0.2, 0) is 9.47 Å². The lowest BCUT2D eigenvalue weighted by Crippen LogP contribution is -2.68. The van der Waals surface area contributed by atoms with Gasteiger partial charge in [0.25, 0.3) is 0 Å². The number of rotatable bonds is 12. The van der Waals surface area contributed by atoms with E-state index in [1.807, 2.05) is 21.3 Å². The highest BCUT2D eigenvalue weighted by molar-refractivity contribution is 6.92. The average molecular weight is 906 g/mol. The molecule has 10 radical (unpaired) electrons. The van der Waals surface area contributed by atoms with Gasteiger partial charge < -0.3 is 40.1 Å². The van der Waals surface area contributed by atoms with Crippen molar-refractivity contribution < 1.29 is 40.1 Å². The Morgan fingerprint density at radius 1 is 0.591 bits per heavy atom. The number of aliphatic hydroxyl groups excluding tert-OH is 4. The summed E-state index contributed by atoms with van der Waals surface area (Å²) in [5.41, 5.74) is -5.85. The van der Waals surface area contributed by atoms with Crippen molar-refractivity contribution in [2.24, 2.45) is 69.0 Å². The summed E-state index contributed by atoms with van der Waals surface area (Å²) in [7, 11) is 33.8. The molecule has 0 spiro atoms. The normalized spacial score (nSPS) is 53.5. The highest BCUT2D eigenvalue weighted by atomic mass is 16.5. The molecule has 8 fully saturated rings. The van der Waals surface area contributed by atoms with Crippen molar-refractivity contribution in [3.63, 3.8) is 0 Å². The van der Waals surface area contributed by atoms with E-state index >= 15 is 0 Å². The minimum atomic E-state index is -1.19. The van der Waals surface area contributed by atoms with Gasteiger partial charge in [0.15, 0.2) is 0 Å². The first-order valence-electron chi connectivity index (χ1n) is 26.7. The average Bonchev–Trinajstić information content (AvgIpc) is 3.74. The van der Waals surface area contributed by atoms with Crippen LogP contribution in [0.3, 0.4) is 0 Å². The van der Waals surface area contributed by atoms with Gasteiger partial charge in [-0.1, -0.05) is 115 Å². The maximum Gasteiger partial charge on any atom is 0.117 e. The fraction of sp³-hybridized carbons (Fsp3) is 1.00. The fourth-order valence-corrected chi connectivity index (χ4v) is 19.9. The zero-order valence-electron chi connectivity index (χ0n) is 43.0. The molecule has 0 heterocycles. The minimum Gasteiger partial charge on any atom is -0.393 e. The van der Waals surface area contributed by atoms with Crippen LogP contribution in [0.1, 0.15) is 171 Å². The third-order valence-corrected chi connectivity index (χ3v) is 24.2. The first kappa shape index (κ1) is 53.9. The predicted molar refractivity (Wildman–Crippen MR) is 269 cm³/mol. The Morgan fingerprint density at radius 3 is 1.33 bits per heavy atom. The lowest BCUT2D eigenvalue weighted by molar-refractivity contribution is -0.256. The van der Waals surface area contributed by atoms with Gasteiger partial charge in [-0.25, -0.2) is 0 Å². The summed E-state index contributed by atoms with van der Waals surface area (Å²) in [6.07, 6.45) is 15.6. The van der Waals surface area contributed by atoms with E-state index in [0.717, 1.165) is 77.0 Å². The molecule has 0 saturated heterocycles. The van der Waals surface area contributed by atoms with Crippen molar-refractivity contribution in [3.8, 4) is 0 Å². The van der Waals surface area contributed by atoms with E-state index in [1.54, 1.807) is 21.1 Å². The molecular formula is C52H88B6O8. The smallest absolute Gasteiger partial charge is 0.117 e. The number of hydrogen-bond donors (Lipinski definition) is 6. The highest BCUT2D eigenvalue weighted by Crippen LogP contribution is 2.79. The molecular weight excluding hydrogens is 817 g/mol. The van der Waals surface area contributed by atoms with Gasteiger partial charge in [0.05, 0.1) is 55.5 Å². The molecule has 8 rings (SSSR count). The number of hydrogen-bond acceptors (Lipinski definition) is 8. The minimum absolute atomic E-state index is 0.0180. The molecule has 66 heavy (non-hydrogen) atoms. The van der Waals surface area contributed by atoms with Crippen LogP contribution in [-0.4, -0.2) is 138 Å². The quantitative estimate of drug-likeness (QED) is 0.117. The van der Waals surface area contributed by atoms with Crippen LogP contribution in [0, 0.1) is 69.0 Å². The molecule has 8 aliphatic carbocycles. The Kier molecular flexibility index (Phi) is 15.1. The van der Waals surface area contributed by atoms with Crippen molar-refractivity contribution in [3.05, 3.63) is 0 Å². The van der Waals surface area contributed by atoms with Gasteiger partial charge in [0.2, 0.25) is 0 Å². The van der Waals surface area contributed by atoms with Gasteiger partial charge in [-0.05, 0) is 136 Å². The topological polar surface area (TPSA) is 140 Å². The summed E-state index contributed by atoms with van der Waals surface area (Å²) in [6.45, 7) is 16.5. The van der Waals surface area contributed by atoms with E-state index in [0.29, 0.717) is 49.4 Å². The van der Waals surface area contributed by atoms with E-state index in [-0.39, 0.29) is 70.0 Å². The second-order valence-electron chi connectivity index (χ2n) is 25.5. The summed E-state index contributed by atoms with van der Waals surface area (Å²) in [6, 6.07) is 0. The van der Waals surface area contributed by atoms with Crippen LogP contribution in [0.25, 0.3) is 0 Å². The van der Waals surface area contributed by atoms with Crippen molar-refractivity contribution in [1.29, 1.82) is 0 Å². The Hall–Kier alpha value is 0.0696. The van der Waals surface area contributed by atoms with Gasteiger partial charge in [0.1, 0.15) is 22.4 Å². The lowest BCUT2D eigenvalue weighted by Gasteiger charge is -2.70. The maximum atomic E-state index is 12.1. The molecule has 0 aromatic rings. The maximum absolute atomic E-state index is 12.1. The van der Waals surface area contributed by atoms with Gasteiger partial charge in [-0.2, -0.15) is 0 Å². The zero-order chi connectivity index (χ0) is 48.9. The Balaban J connectivity index is 0.000000197. The third kappa shape index (κ3) is 6.91. The van der Waals surface area contributed by atoms with E-state index < -0.39 is 45.4 Å². The van der Waals surface area contributed by atoms with Gasteiger partial charge in [-0.3, -0.25) is 0 Å². The second kappa shape index (κ2) is 18.5. The SMILES string of the molecule is [B][B]C12CCC3C(C(O)CC4(C)C3CCC4(O)C(C)(CO)OC)C1(C)CCC(CC)C2[B].[B][B]C12CCC3C(C(O)CC4(C)C3CCC4(O)C(C)(CO)OC)C1(C)CCC(CCCC)C2[B]. The Morgan fingerprint density at radius 2 is 0.985 bits per heavy atom. The van der Waals surface area contributed by atoms with Gasteiger partial charge >= 0.3 is 0 Å². The molecule has 22 unspecified atom stereocenters. The Labute approximate surface area is 408 Å². The molecule has 362 valence electrons. The zero-order valence-corrected chi connectivity index (χ0v) is 43.0. The molecule has 14 heteroatoms. The van der Waals surface area contributed by atoms with Crippen LogP contribution in [0.2, 0.25) is 22.3 Å². The molecule has 0 amide bonds. The van der Waals surface area contributed by atoms with Crippen molar-refractivity contribution in [1.82, 2.24) is 0 Å². The fourth-order valence-electron chi connectivity index (χ4n) is 19.9. The molecule has 0 aliphatic heterocycles. The summed E-state index contributed by atoms with van der Waals surface area (Å²) >= 11 is 0. The molecule has 8 aliphatic rings. The molecule has 0 bridgehead atoms. The standard InChI is InChI=1S/C27H46B3O4.C25H42B3O4/c1-6-7-8-17-9-12-23(2)21-18(10-13-26(23,30-29)22(17)28)19-11-14-27(33,25(4,16-31)34-5)24(19,3)15-20(21)32;1-6-15-7-10-21(2)19-16(8-11-24(21,28-27)20(15)26)17-9-12-25(31,23(4,14-29)32-5)22(17,3)13-18(19)30/h17-22,31-33H,6-16H2,1-5H3;15-20,29-31H,6-14H2,1-5H3. The number of ether oxygens (including phenoxy) is 2. The molecule has 0 aromatic carbocycles. The van der Waals surface area contributed by atoms with Crippen LogP contribution >= 0.6 is 0 Å². The van der Waals surface area contributed by atoms with E-state index in [2.05, 4.69) is 41.5 Å². The monoisotopic (exact) mass is 907 g/mol. The van der Waals surface area contributed by atoms with E-state index in [4.69, 9.17) is 40.6 Å². The number of methoxy groups -OCH3 is 2. The third-order valence-electron chi connectivity index (χ3n) is 24.2. The van der Waals surface area contributed by atoms with Crippen LogP contribution < -0.4 is 0 Å². The number of unbranched alkanes of at least 4 members (excludes halogenated alkanes) is 1.